The van der Waals surface area contributed by atoms with Crippen LogP contribution in [0.3, 0.4) is 0 Å². The van der Waals surface area contributed by atoms with Crippen LogP contribution in [0.15, 0.2) is 18.2 Å². The average Bonchev–Trinajstić information content (AvgIpc) is 2.04. The van der Waals surface area contributed by atoms with Gasteiger partial charge in [0.2, 0.25) is 0 Å². The molecule has 0 amide bonds. The van der Waals surface area contributed by atoms with Gasteiger partial charge in [-0.1, -0.05) is 12.1 Å². The Bertz CT molecular complexity index is 275. The van der Waals surface area contributed by atoms with E-state index in [1.165, 1.54) is 6.07 Å². The highest BCUT2D eigenvalue weighted by Gasteiger charge is 2.09. The van der Waals surface area contributed by atoms with Crippen molar-refractivity contribution in [2.45, 2.75) is 5.88 Å². The number of nitrogens with zero attached hydrogens (tertiary/aromatic N) is 1. The Hall–Kier alpha value is -1.09. The first-order chi connectivity index (χ1) is 5.25. The molecule has 1 aromatic rings. The Morgan fingerprint density at radius 3 is 2.91 bits per heavy atom. The van der Waals surface area contributed by atoms with E-state index < -0.39 is 4.92 Å². The number of benzene rings is 1. The van der Waals surface area contributed by atoms with Crippen molar-refractivity contribution in [2.75, 3.05) is 0 Å². The maximum absolute atomic E-state index is 10.3. The molecule has 0 saturated carbocycles. The van der Waals surface area contributed by atoms with Crippen molar-refractivity contribution < 1.29 is 4.92 Å². The molecule has 0 spiro atoms. The quantitative estimate of drug-likeness (QED) is 0.388. The van der Waals surface area contributed by atoms with Crippen molar-refractivity contribution in [1.29, 1.82) is 0 Å². The molecule has 0 atom stereocenters. The Labute approximate surface area is 68.8 Å². The second-order valence-electron chi connectivity index (χ2n) is 1.95. The Morgan fingerprint density at radius 1 is 1.73 bits per heavy atom. The molecule has 0 aliphatic heterocycles. The van der Waals surface area contributed by atoms with Crippen molar-refractivity contribution in [3.8, 4) is 0 Å². The largest absolute Gasteiger partial charge is 0.274 e. The van der Waals surface area contributed by atoms with Crippen molar-refractivity contribution in [2.24, 2.45) is 0 Å². The summed E-state index contributed by atoms with van der Waals surface area (Å²) in [6.45, 7) is 0. The van der Waals surface area contributed by atoms with E-state index in [1.807, 2.05) is 0 Å². The van der Waals surface area contributed by atoms with Gasteiger partial charge in [0.05, 0.1) is 10.8 Å². The van der Waals surface area contributed by atoms with Crippen LogP contribution in [0.2, 0.25) is 0 Å². The third-order valence-electron chi connectivity index (χ3n) is 1.27. The number of alkyl halides is 1. The van der Waals surface area contributed by atoms with Crippen LogP contribution < -0.4 is 0 Å². The molecule has 0 saturated heterocycles. The van der Waals surface area contributed by atoms with Gasteiger partial charge in [0.15, 0.2) is 0 Å². The Balaban J connectivity index is 3.12. The van der Waals surface area contributed by atoms with Crippen molar-refractivity contribution >= 4 is 17.3 Å². The number of nitro benzene ring substituents is 1. The van der Waals surface area contributed by atoms with Crippen molar-refractivity contribution in [3.63, 3.8) is 0 Å². The fourth-order valence-corrected chi connectivity index (χ4v) is 0.963. The zero-order valence-electron chi connectivity index (χ0n) is 5.58. The maximum atomic E-state index is 10.3. The predicted octanol–water partition coefficient (Wildman–Crippen LogP) is 2.13. The van der Waals surface area contributed by atoms with Gasteiger partial charge >= 0.3 is 0 Å². The Morgan fingerprint density at radius 2 is 2.45 bits per heavy atom. The van der Waals surface area contributed by atoms with E-state index in [2.05, 4.69) is 6.07 Å². The summed E-state index contributed by atoms with van der Waals surface area (Å²) in [5.41, 5.74) is 0.554. The lowest BCUT2D eigenvalue weighted by atomic mass is 10.2. The van der Waals surface area contributed by atoms with Crippen LogP contribution in [0.4, 0.5) is 5.69 Å². The third kappa shape index (κ3) is 1.68. The minimum absolute atomic E-state index is 0.0301. The summed E-state index contributed by atoms with van der Waals surface area (Å²) >= 11 is 5.46. The van der Waals surface area contributed by atoms with Crippen molar-refractivity contribution in [3.05, 3.63) is 39.9 Å². The molecule has 0 N–H and O–H groups in total. The molecule has 1 aromatic carbocycles. The third-order valence-corrected chi connectivity index (χ3v) is 1.56. The molecular weight excluding hydrogens is 166 g/mol. The summed E-state index contributed by atoms with van der Waals surface area (Å²) in [5.74, 6) is 0.158. The smallest absolute Gasteiger partial charge is 0.258 e. The SMILES string of the molecule is O=[N+]([O-])c1c[c]ccc1CCl. The van der Waals surface area contributed by atoms with E-state index >= 15 is 0 Å². The highest BCUT2D eigenvalue weighted by atomic mass is 35.5. The number of halogens is 1. The van der Waals surface area contributed by atoms with Crippen LogP contribution in [-0.2, 0) is 5.88 Å². The van der Waals surface area contributed by atoms with Gasteiger partial charge in [-0.05, 0) is 6.07 Å². The van der Waals surface area contributed by atoms with Gasteiger partial charge in [0.25, 0.3) is 5.69 Å². The minimum atomic E-state index is -0.464. The van der Waals surface area contributed by atoms with E-state index in [-0.39, 0.29) is 11.6 Å². The molecule has 11 heavy (non-hydrogen) atoms. The number of rotatable bonds is 2. The second-order valence-corrected chi connectivity index (χ2v) is 2.21. The summed E-state index contributed by atoms with van der Waals surface area (Å²) in [4.78, 5) is 9.84. The fraction of sp³-hybridized carbons (Fsp3) is 0.143. The normalized spacial score (nSPS) is 9.55. The lowest BCUT2D eigenvalue weighted by Crippen LogP contribution is -1.92. The highest BCUT2D eigenvalue weighted by molar-refractivity contribution is 6.17. The molecule has 1 radical (unpaired) electrons. The van der Waals surface area contributed by atoms with Crippen LogP contribution >= 0.6 is 11.6 Å². The van der Waals surface area contributed by atoms with Crippen molar-refractivity contribution in [1.82, 2.24) is 0 Å². The van der Waals surface area contributed by atoms with E-state index in [9.17, 15) is 10.1 Å². The first-order valence-corrected chi connectivity index (χ1v) is 3.48. The first-order valence-electron chi connectivity index (χ1n) is 2.95. The van der Waals surface area contributed by atoms with E-state index in [4.69, 9.17) is 11.6 Å². The molecule has 0 bridgehead atoms. The Kier molecular flexibility index (Phi) is 2.44. The number of hydrogen-bond donors (Lipinski definition) is 0. The van der Waals surface area contributed by atoms with Gasteiger partial charge in [-0.3, -0.25) is 10.1 Å². The molecule has 0 aliphatic rings. The molecule has 0 fully saturated rings. The van der Waals surface area contributed by atoms with E-state index in [0.717, 1.165) is 0 Å². The molecule has 1 rings (SSSR count). The molecule has 57 valence electrons. The summed E-state index contributed by atoms with van der Waals surface area (Å²) in [6.07, 6.45) is 0. The zero-order chi connectivity index (χ0) is 8.27. The standard InChI is InChI=1S/C7H5ClNO2/c8-5-6-3-1-2-4-7(6)9(10)11/h1,3-4H,5H2. The van der Waals surface area contributed by atoms with Crippen LogP contribution in [0.1, 0.15) is 5.56 Å². The lowest BCUT2D eigenvalue weighted by molar-refractivity contribution is -0.385. The molecule has 0 aromatic heterocycles. The van der Waals surface area contributed by atoms with Crippen LogP contribution in [-0.4, -0.2) is 4.92 Å². The molecule has 0 heterocycles. The maximum Gasteiger partial charge on any atom is 0.274 e. The summed E-state index contributed by atoms with van der Waals surface area (Å²) < 4.78 is 0. The monoisotopic (exact) mass is 170 g/mol. The van der Waals surface area contributed by atoms with Crippen LogP contribution in [0, 0.1) is 16.2 Å². The lowest BCUT2D eigenvalue weighted by Gasteiger charge is -1.95. The van der Waals surface area contributed by atoms with Crippen LogP contribution in [0.5, 0.6) is 0 Å². The summed E-state index contributed by atoms with van der Waals surface area (Å²) in [5, 5.41) is 10.3. The first kappa shape index (κ1) is 8.01. The number of nitro groups is 1. The molecular formula is C7H5ClNO2. The summed E-state index contributed by atoms with van der Waals surface area (Å²) in [6, 6.07) is 7.12. The summed E-state index contributed by atoms with van der Waals surface area (Å²) in [7, 11) is 0. The molecule has 0 aliphatic carbocycles. The van der Waals surface area contributed by atoms with Gasteiger partial charge in [-0.2, -0.15) is 0 Å². The van der Waals surface area contributed by atoms with Gasteiger partial charge in [0.1, 0.15) is 0 Å². The molecule has 4 heteroatoms. The molecule has 0 unspecified atom stereocenters. The fourth-order valence-electron chi connectivity index (χ4n) is 0.737. The van der Waals surface area contributed by atoms with Gasteiger partial charge in [0, 0.05) is 11.6 Å². The van der Waals surface area contributed by atoms with Gasteiger partial charge in [-0.25, -0.2) is 0 Å². The predicted molar refractivity (Wildman–Crippen MR) is 41.5 cm³/mol. The van der Waals surface area contributed by atoms with E-state index in [1.54, 1.807) is 12.1 Å². The van der Waals surface area contributed by atoms with E-state index in [0.29, 0.717) is 5.56 Å². The number of hydrogen-bond acceptors (Lipinski definition) is 2. The average molecular weight is 171 g/mol. The highest BCUT2D eigenvalue weighted by Crippen LogP contribution is 2.18. The van der Waals surface area contributed by atoms with Crippen LogP contribution in [0.25, 0.3) is 0 Å². The van der Waals surface area contributed by atoms with Gasteiger partial charge in [-0.15, -0.1) is 11.6 Å². The zero-order valence-corrected chi connectivity index (χ0v) is 6.34. The molecule has 3 nitrogen and oxygen atoms in total. The van der Waals surface area contributed by atoms with Gasteiger partial charge < -0.3 is 0 Å². The minimum Gasteiger partial charge on any atom is -0.258 e. The topological polar surface area (TPSA) is 43.1 Å². The second kappa shape index (κ2) is 3.34.